The second-order valence-electron chi connectivity index (χ2n) is 5.06. The zero-order valence-corrected chi connectivity index (χ0v) is 10.8. The lowest BCUT2D eigenvalue weighted by Crippen LogP contribution is -2.30. The number of hydrogen-bond donors (Lipinski definition) is 0. The van der Waals surface area contributed by atoms with Gasteiger partial charge in [-0.25, -0.2) is 0 Å². The molecule has 0 aromatic carbocycles. The van der Waals surface area contributed by atoms with Crippen molar-refractivity contribution < 1.29 is 9.53 Å². The zero-order valence-electron chi connectivity index (χ0n) is 9.98. The van der Waals surface area contributed by atoms with E-state index in [-0.39, 0.29) is 11.8 Å². The lowest BCUT2D eigenvalue weighted by atomic mass is 9.79. The second kappa shape index (κ2) is 4.91. The predicted octanol–water partition coefficient (Wildman–Crippen LogP) is 3.16. The van der Waals surface area contributed by atoms with Gasteiger partial charge in [0.1, 0.15) is 5.78 Å². The van der Waals surface area contributed by atoms with E-state index in [1.165, 1.54) is 10.4 Å². The van der Waals surface area contributed by atoms with E-state index in [9.17, 15) is 4.79 Å². The number of thiophene rings is 1. The van der Waals surface area contributed by atoms with Crippen molar-refractivity contribution in [2.24, 2.45) is 5.92 Å². The highest BCUT2D eigenvalue weighted by molar-refractivity contribution is 7.10. The first kappa shape index (κ1) is 11.4. The number of Topliss-reactive ketones (excluding diaryl/α,β-unsaturated/α-hetero) is 1. The number of ketones is 1. The molecule has 3 heteroatoms. The minimum Gasteiger partial charge on any atom is -0.381 e. The summed E-state index contributed by atoms with van der Waals surface area (Å²) in [5.74, 6) is 0.750. The molecule has 0 spiro atoms. The minimum atomic E-state index is 0.152. The van der Waals surface area contributed by atoms with Gasteiger partial charge in [0, 0.05) is 23.3 Å². The number of carbonyl (C=O) groups excluding carboxylic acids is 1. The van der Waals surface area contributed by atoms with Crippen LogP contribution in [0.4, 0.5) is 0 Å². The normalized spacial score (nSPS) is 28.7. The molecule has 2 nitrogen and oxygen atoms in total. The molecule has 17 heavy (non-hydrogen) atoms. The van der Waals surface area contributed by atoms with Crippen LogP contribution < -0.4 is 0 Å². The summed E-state index contributed by atoms with van der Waals surface area (Å²) >= 11 is 1.81. The van der Waals surface area contributed by atoms with Gasteiger partial charge >= 0.3 is 0 Å². The predicted molar refractivity (Wildman–Crippen MR) is 68.5 cm³/mol. The lowest BCUT2D eigenvalue weighted by molar-refractivity contribution is -0.128. The molecule has 0 bridgehead atoms. The molecular formula is C14H18O2S. The summed E-state index contributed by atoms with van der Waals surface area (Å²) in [6, 6.07) is 2.16. The molecule has 1 aromatic rings. The van der Waals surface area contributed by atoms with E-state index >= 15 is 0 Å². The van der Waals surface area contributed by atoms with Gasteiger partial charge in [0.25, 0.3) is 0 Å². The fraction of sp³-hybridized carbons (Fsp3) is 0.643. The standard InChI is InChI=1S/C14H18O2S/c15-14(10-3-2-7-16-9-10)12-4-1-5-13-11(12)6-8-17-13/h6,8,10,12H,1-5,7,9H2. The number of fused-ring (bicyclic) bond motifs is 1. The maximum Gasteiger partial charge on any atom is 0.145 e. The lowest BCUT2D eigenvalue weighted by Gasteiger charge is -2.28. The van der Waals surface area contributed by atoms with Crippen molar-refractivity contribution in [2.75, 3.05) is 13.2 Å². The van der Waals surface area contributed by atoms with Crippen molar-refractivity contribution in [1.29, 1.82) is 0 Å². The molecule has 1 aromatic heterocycles. The van der Waals surface area contributed by atoms with Gasteiger partial charge < -0.3 is 4.74 Å². The Hall–Kier alpha value is -0.670. The average molecular weight is 250 g/mol. The minimum absolute atomic E-state index is 0.152. The molecule has 1 aliphatic heterocycles. The molecular weight excluding hydrogens is 232 g/mol. The summed E-state index contributed by atoms with van der Waals surface area (Å²) in [6.45, 7) is 1.48. The SMILES string of the molecule is O=C(C1CCCOC1)C1CCCc2sccc21. The van der Waals surface area contributed by atoms with Gasteiger partial charge in [-0.2, -0.15) is 0 Å². The van der Waals surface area contributed by atoms with Crippen molar-refractivity contribution in [3.8, 4) is 0 Å². The molecule has 1 aliphatic carbocycles. The molecule has 0 amide bonds. The van der Waals surface area contributed by atoms with Gasteiger partial charge in [0.2, 0.25) is 0 Å². The molecule has 2 atom stereocenters. The first-order valence-electron chi connectivity index (χ1n) is 6.54. The van der Waals surface area contributed by atoms with Crippen molar-refractivity contribution in [3.05, 3.63) is 21.9 Å². The van der Waals surface area contributed by atoms with Crippen molar-refractivity contribution in [1.82, 2.24) is 0 Å². The molecule has 2 unspecified atom stereocenters. The van der Waals surface area contributed by atoms with Crippen LogP contribution in [0.5, 0.6) is 0 Å². The summed E-state index contributed by atoms with van der Waals surface area (Å²) in [6.07, 6.45) is 5.43. The van der Waals surface area contributed by atoms with E-state index in [0.717, 1.165) is 38.7 Å². The number of carbonyl (C=O) groups is 1. The number of rotatable bonds is 2. The summed E-state index contributed by atoms with van der Waals surface area (Å²) in [5, 5.41) is 2.13. The third-order valence-corrected chi connectivity index (χ3v) is 4.95. The van der Waals surface area contributed by atoms with E-state index < -0.39 is 0 Å². The molecule has 3 rings (SSSR count). The van der Waals surface area contributed by atoms with Crippen LogP contribution in [0, 0.1) is 5.92 Å². The summed E-state index contributed by atoms with van der Waals surface area (Å²) in [5.41, 5.74) is 1.32. The molecule has 0 saturated carbocycles. The Bertz CT molecular complexity index is 404. The highest BCUT2D eigenvalue weighted by atomic mass is 32.1. The Morgan fingerprint density at radius 2 is 2.29 bits per heavy atom. The summed E-state index contributed by atoms with van der Waals surface area (Å²) in [7, 11) is 0. The van der Waals surface area contributed by atoms with Crippen molar-refractivity contribution >= 4 is 17.1 Å². The largest absolute Gasteiger partial charge is 0.381 e. The average Bonchev–Trinajstić information content (AvgIpc) is 2.87. The Labute approximate surface area is 106 Å². The van der Waals surface area contributed by atoms with E-state index in [1.807, 2.05) is 11.3 Å². The Kier molecular flexibility index (Phi) is 3.30. The van der Waals surface area contributed by atoms with Crippen molar-refractivity contribution in [3.63, 3.8) is 0 Å². The monoisotopic (exact) mass is 250 g/mol. The van der Waals surface area contributed by atoms with Crippen LogP contribution in [0.1, 0.15) is 42.0 Å². The summed E-state index contributed by atoms with van der Waals surface area (Å²) < 4.78 is 5.45. The smallest absolute Gasteiger partial charge is 0.145 e. The van der Waals surface area contributed by atoms with Crippen LogP contribution in [-0.4, -0.2) is 19.0 Å². The molecule has 2 heterocycles. The van der Waals surface area contributed by atoms with Crippen LogP contribution >= 0.6 is 11.3 Å². The second-order valence-corrected chi connectivity index (χ2v) is 6.06. The molecule has 92 valence electrons. The highest BCUT2D eigenvalue weighted by Crippen LogP contribution is 2.37. The Morgan fingerprint density at radius 1 is 1.35 bits per heavy atom. The van der Waals surface area contributed by atoms with Gasteiger partial charge in [-0.1, -0.05) is 0 Å². The number of aryl methyl sites for hydroxylation is 1. The van der Waals surface area contributed by atoms with Gasteiger partial charge in [-0.15, -0.1) is 11.3 Å². The molecule has 0 radical (unpaired) electrons. The third kappa shape index (κ3) is 2.18. The zero-order chi connectivity index (χ0) is 11.7. The highest BCUT2D eigenvalue weighted by Gasteiger charge is 2.32. The molecule has 1 fully saturated rings. The van der Waals surface area contributed by atoms with Gasteiger partial charge in [-0.05, 0) is 49.1 Å². The third-order valence-electron chi connectivity index (χ3n) is 3.96. The topological polar surface area (TPSA) is 26.3 Å². The first-order valence-corrected chi connectivity index (χ1v) is 7.42. The first-order chi connectivity index (χ1) is 8.36. The maximum atomic E-state index is 12.5. The van der Waals surface area contributed by atoms with E-state index in [4.69, 9.17) is 4.74 Å². The maximum absolute atomic E-state index is 12.5. The quantitative estimate of drug-likeness (QED) is 0.806. The van der Waals surface area contributed by atoms with Gasteiger partial charge in [-0.3, -0.25) is 4.79 Å². The van der Waals surface area contributed by atoms with Crippen molar-refractivity contribution in [2.45, 2.75) is 38.0 Å². The van der Waals surface area contributed by atoms with E-state index in [2.05, 4.69) is 11.4 Å². The van der Waals surface area contributed by atoms with E-state index in [1.54, 1.807) is 0 Å². The van der Waals surface area contributed by atoms with E-state index in [0.29, 0.717) is 12.4 Å². The number of hydrogen-bond acceptors (Lipinski definition) is 3. The van der Waals surface area contributed by atoms with Crippen LogP contribution in [0.3, 0.4) is 0 Å². The number of ether oxygens (including phenoxy) is 1. The van der Waals surface area contributed by atoms with Gasteiger partial charge in [0.05, 0.1) is 6.61 Å². The van der Waals surface area contributed by atoms with Gasteiger partial charge in [0.15, 0.2) is 0 Å². The molecule has 0 N–H and O–H groups in total. The summed E-state index contributed by atoms with van der Waals surface area (Å²) in [4.78, 5) is 14.0. The fourth-order valence-corrected chi connectivity index (χ4v) is 4.02. The fourth-order valence-electron chi connectivity index (χ4n) is 3.03. The molecule has 2 aliphatic rings. The van der Waals surface area contributed by atoms with Crippen LogP contribution in [0.2, 0.25) is 0 Å². The molecule has 1 saturated heterocycles. The van der Waals surface area contributed by atoms with Crippen LogP contribution in [0.25, 0.3) is 0 Å². The Balaban J connectivity index is 1.79. The van der Waals surface area contributed by atoms with Crippen LogP contribution in [-0.2, 0) is 16.0 Å². The Morgan fingerprint density at radius 3 is 3.12 bits per heavy atom. The van der Waals surface area contributed by atoms with Crippen LogP contribution in [0.15, 0.2) is 11.4 Å².